The lowest BCUT2D eigenvalue weighted by Gasteiger charge is -2.11. The SMILES string of the molecule is CCCOc1ccccc1OCCCCCCl. The topological polar surface area (TPSA) is 18.5 Å². The first-order valence-electron chi connectivity index (χ1n) is 6.29. The van der Waals surface area contributed by atoms with Gasteiger partial charge in [-0.25, -0.2) is 0 Å². The highest BCUT2D eigenvalue weighted by atomic mass is 35.5. The van der Waals surface area contributed by atoms with E-state index in [1.165, 1.54) is 0 Å². The maximum absolute atomic E-state index is 5.71. The number of benzene rings is 1. The molecule has 3 heteroatoms. The van der Waals surface area contributed by atoms with Gasteiger partial charge in [-0.1, -0.05) is 19.1 Å². The Kier molecular flexibility index (Phi) is 7.65. The van der Waals surface area contributed by atoms with Gasteiger partial charge in [0, 0.05) is 5.88 Å². The molecule has 0 amide bonds. The molecule has 0 N–H and O–H groups in total. The first-order valence-corrected chi connectivity index (χ1v) is 6.82. The van der Waals surface area contributed by atoms with E-state index in [2.05, 4.69) is 6.92 Å². The van der Waals surface area contributed by atoms with Gasteiger partial charge in [0.25, 0.3) is 0 Å². The van der Waals surface area contributed by atoms with Gasteiger partial charge in [-0.3, -0.25) is 0 Å². The van der Waals surface area contributed by atoms with Crippen LogP contribution in [-0.2, 0) is 0 Å². The second-order valence-corrected chi connectivity index (χ2v) is 4.27. The minimum absolute atomic E-state index is 0.726. The van der Waals surface area contributed by atoms with Gasteiger partial charge in [-0.05, 0) is 37.8 Å². The van der Waals surface area contributed by atoms with Gasteiger partial charge in [-0.2, -0.15) is 0 Å². The van der Waals surface area contributed by atoms with Gasteiger partial charge in [0.15, 0.2) is 11.5 Å². The summed E-state index contributed by atoms with van der Waals surface area (Å²) >= 11 is 5.62. The Bertz CT molecular complexity index is 302. The molecule has 0 fully saturated rings. The van der Waals surface area contributed by atoms with Crippen LogP contribution in [0.4, 0.5) is 0 Å². The van der Waals surface area contributed by atoms with Crippen molar-refractivity contribution in [2.24, 2.45) is 0 Å². The summed E-state index contributed by atoms with van der Waals surface area (Å²) in [6.07, 6.45) is 4.21. The van der Waals surface area contributed by atoms with E-state index in [0.717, 1.165) is 56.3 Å². The van der Waals surface area contributed by atoms with Gasteiger partial charge < -0.3 is 9.47 Å². The predicted molar refractivity (Wildman–Crippen MR) is 72.3 cm³/mol. The molecule has 0 heterocycles. The summed E-state index contributed by atoms with van der Waals surface area (Å²) in [7, 11) is 0. The Labute approximate surface area is 109 Å². The van der Waals surface area contributed by atoms with Crippen molar-refractivity contribution in [1.82, 2.24) is 0 Å². The lowest BCUT2D eigenvalue weighted by molar-refractivity contribution is 0.264. The van der Waals surface area contributed by atoms with E-state index in [4.69, 9.17) is 21.1 Å². The molecule has 0 aliphatic carbocycles. The van der Waals surface area contributed by atoms with E-state index in [0.29, 0.717) is 0 Å². The molecule has 1 rings (SSSR count). The van der Waals surface area contributed by atoms with Crippen molar-refractivity contribution in [1.29, 1.82) is 0 Å². The zero-order chi connectivity index (χ0) is 12.3. The van der Waals surface area contributed by atoms with Crippen molar-refractivity contribution >= 4 is 11.6 Å². The maximum atomic E-state index is 5.71. The van der Waals surface area contributed by atoms with Crippen molar-refractivity contribution < 1.29 is 9.47 Å². The normalized spacial score (nSPS) is 10.2. The van der Waals surface area contributed by atoms with E-state index < -0.39 is 0 Å². The molecule has 17 heavy (non-hydrogen) atoms. The first-order chi connectivity index (χ1) is 8.38. The van der Waals surface area contributed by atoms with Crippen LogP contribution in [0.3, 0.4) is 0 Å². The number of ether oxygens (including phenoxy) is 2. The molecule has 1 aromatic rings. The quantitative estimate of drug-likeness (QED) is 0.485. The molecular formula is C14H21ClO2. The largest absolute Gasteiger partial charge is 0.490 e. The fraction of sp³-hybridized carbons (Fsp3) is 0.571. The van der Waals surface area contributed by atoms with Crippen molar-refractivity contribution in [3.05, 3.63) is 24.3 Å². The molecule has 0 saturated carbocycles. The first kappa shape index (κ1) is 14.2. The van der Waals surface area contributed by atoms with Crippen LogP contribution in [0.25, 0.3) is 0 Å². The lowest BCUT2D eigenvalue weighted by atomic mass is 10.2. The third-order valence-electron chi connectivity index (χ3n) is 2.35. The molecule has 0 bridgehead atoms. The summed E-state index contributed by atoms with van der Waals surface area (Å²) < 4.78 is 11.3. The molecule has 0 aliphatic rings. The number of alkyl halides is 1. The predicted octanol–water partition coefficient (Wildman–Crippen LogP) is 4.26. The van der Waals surface area contributed by atoms with Crippen LogP contribution in [0.15, 0.2) is 24.3 Å². The third-order valence-corrected chi connectivity index (χ3v) is 2.61. The Morgan fingerprint density at radius 3 is 2.18 bits per heavy atom. The van der Waals surface area contributed by atoms with Gasteiger partial charge in [0.2, 0.25) is 0 Å². The van der Waals surface area contributed by atoms with Crippen LogP contribution < -0.4 is 9.47 Å². The molecule has 0 spiro atoms. The Balaban J connectivity index is 2.35. The van der Waals surface area contributed by atoms with Gasteiger partial charge in [0.05, 0.1) is 13.2 Å². The van der Waals surface area contributed by atoms with Crippen LogP contribution in [0, 0.1) is 0 Å². The Hall–Kier alpha value is -0.890. The summed E-state index contributed by atoms with van der Waals surface area (Å²) in [5.74, 6) is 2.41. The average molecular weight is 257 g/mol. The van der Waals surface area contributed by atoms with Crippen LogP contribution in [0.1, 0.15) is 32.6 Å². The minimum Gasteiger partial charge on any atom is -0.490 e. The number of rotatable bonds is 9. The van der Waals surface area contributed by atoms with Crippen LogP contribution in [0.5, 0.6) is 11.5 Å². The highest BCUT2D eigenvalue weighted by Gasteiger charge is 2.03. The molecule has 96 valence electrons. The molecule has 0 radical (unpaired) electrons. The van der Waals surface area contributed by atoms with Gasteiger partial charge >= 0.3 is 0 Å². The van der Waals surface area contributed by atoms with E-state index >= 15 is 0 Å². The van der Waals surface area contributed by atoms with Crippen molar-refractivity contribution in [2.75, 3.05) is 19.1 Å². The van der Waals surface area contributed by atoms with E-state index in [1.54, 1.807) is 0 Å². The highest BCUT2D eigenvalue weighted by Crippen LogP contribution is 2.26. The van der Waals surface area contributed by atoms with Gasteiger partial charge in [0.1, 0.15) is 0 Å². The summed E-state index contributed by atoms with van der Waals surface area (Å²) in [5, 5.41) is 0. The third kappa shape index (κ3) is 5.83. The molecule has 1 aromatic carbocycles. The van der Waals surface area contributed by atoms with E-state index in [1.807, 2.05) is 24.3 Å². The molecule has 0 aliphatic heterocycles. The zero-order valence-electron chi connectivity index (χ0n) is 10.5. The van der Waals surface area contributed by atoms with Crippen LogP contribution in [0.2, 0.25) is 0 Å². The van der Waals surface area contributed by atoms with E-state index in [-0.39, 0.29) is 0 Å². The minimum atomic E-state index is 0.726. The molecule has 2 nitrogen and oxygen atoms in total. The van der Waals surface area contributed by atoms with Crippen LogP contribution in [-0.4, -0.2) is 19.1 Å². The van der Waals surface area contributed by atoms with E-state index in [9.17, 15) is 0 Å². The van der Waals surface area contributed by atoms with Gasteiger partial charge in [-0.15, -0.1) is 11.6 Å². The van der Waals surface area contributed by atoms with Crippen LogP contribution >= 0.6 is 11.6 Å². The number of hydrogen-bond acceptors (Lipinski definition) is 2. The number of unbranched alkanes of at least 4 members (excludes halogenated alkanes) is 2. The second-order valence-electron chi connectivity index (χ2n) is 3.89. The second kappa shape index (κ2) is 9.17. The average Bonchev–Trinajstić information content (AvgIpc) is 2.37. The fourth-order valence-corrected chi connectivity index (χ4v) is 1.65. The molecular weight excluding hydrogens is 236 g/mol. The van der Waals surface area contributed by atoms with Crippen molar-refractivity contribution in [3.63, 3.8) is 0 Å². The summed E-state index contributed by atoms with van der Waals surface area (Å²) in [6.45, 7) is 3.55. The van der Waals surface area contributed by atoms with Crippen molar-refractivity contribution in [3.8, 4) is 11.5 Å². The molecule has 0 atom stereocenters. The lowest BCUT2D eigenvalue weighted by Crippen LogP contribution is -2.01. The summed E-state index contributed by atoms with van der Waals surface area (Å²) in [5.41, 5.74) is 0. The molecule has 0 saturated heterocycles. The summed E-state index contributed by atoms with van der Waals surface area (Å²) in [6, 6.07) is 7.83. The fourth-order valence-electron chi connectivity index (χ4n) is 1.46. The number of halogens is 1. The monoisotopic (exact) mass is 256 g/mol. The number of hydrogen-bond donors (Lipinski definition) is 0. The Morgan fingerprint density at radius 1 is 0.941 bits per heavy atom. The van der Waals surface area contributed by atoms with Crippen molar-refractivity contribution in [2.45, 2.75) is 32.6 Å². The highest BCUT2D eigenvalue weighted by molar-refractivity contribution is 6.17. The zero-order valence-corrected chi connectivity index (χ0v) is 11.2. The maximum Gasteiger partial charge on any atom is 0.161 e. The Morgan fingerprint density at radius 2 is 1.59 bits per heavy atom. The summed E-state index contributed by atoms with van der Waals surface area (Å²) in [4.78, 5) is 0. The smallest absolute Gasteiger partial charge is 0.161 e. The molecule has 0 aromatic heterocycles. The standard InChI is InChI=1S/C14H21ClO2/c1-2-11-16-13-8-4-5-9-14(13)17-12-7-3-6-10-15/h4-5,8-9H,2-3,6-7,10-12H2,1H3. The number of para-hydroxylation sites is 2. The molecule has 0 unspecified atom stereocenters.